The summed E-state index contributed by atoms with van der Waals surface area (Å²) in [7, 11) is 0. The summed E-state index contributed by atoms with van der Waals surface area (Å²) in [6.07, 6.45) is 1.90. The quantitative estimate of drug-likeness (QED) is 0.766. The van der Waals surface area contributed by atoms with Crippen LogP contribution in [0.2, 0.25) is 0 Å². The minimum Gasteiger partial charge on any atom is -0.491 e. The summed E-state index contributed by atoms with van der Waals surface area (Å²) < 4.78 is 5.50. The highest BCUT2D eigenvalue weighted by molar-refractivity contribution is 5.93. The first-order valence-electron chi connectivity index (χ1n) is 5.92. The zero-order valence-electron chi connectivity index (χ0n) is 10.9. The Morgan fingerprint density at radius 3 is 2.42 bits per heavy atom. The van der Waals surface area contributed by atoms with Gasteiger partial charge in [-0.15, -0.1) is 0 Å². The lowest BCUT2D eigenvalue weighted by Gasteiger charge is -2.10. The van der Waals surface area contributed by atoms with Gasteiger partial charge >= 0.3 is 5.97 Å². The average Bonchev–Trinajstić information content (AvgIpc) is 2.35. The van der Waals surface area contributed by atoms with E-state index in [2.05, 4.69) is 5.32 Å². The van der Waals surface area contributed by atoms with E-state index in [1.165, 1.54) is 0 Å². The number of aliphatic carboxylic acids is 1. The highest BCUT2D eigenvalue weighted by Crippen LogP contribution is 2.13. The maximum absolute atomic E-state index is 11.2. The van der Waals surface area contributed by atoms with Crippen LogP contribution >= 0.6 is 0 Å². The molecule has 0 aliphatic rings. The maximum atomic E-state index is 11.2. The molecule has 2 N–H and O–H groups in total. The van der Waals surface area contributed by atoms with Crippen molar-refractivity contribution in [1.29, 1.82) is 0 Å². The van der Waals surface area contributed by atoms with E-state index in [-0.39, 0.29) is 6.10 Å². The van der Waals surface area contributed by atoms with Crippen molar-refractivity contribution in [3.05, 3.63) is 42.0 Å². The monoisotopic (exact) mass is 263 g/mol. The van der Waals surface area contributed by atoms with E-state index in [0.717, 1.165) is 23.5 Å². The Hall–Kier alpha value is -2.30. The molecule has 19 heavy (non-hydrogen) atoms. The fourth-order valence-corrected chi connectivity index (χ4v) is 1.35. The van der Waals surface area contributed by atoms with Gasteiger partial charge in [-0.25, -0.2) is 4.79 Å². The van der Waals surface area contributed by atoms with Gasteiger partial charge in [-0.05, 0) is 31.5 Å². The third kappa shape index (κ3) is 6.26. The molecule has 0 heterocycles. The third-order valence-electron chi connectivity index (χ3n) is 2.14. The van der Waals surface area contributed by atoms with Gasteiger partial charge in [-0.2, -0.15) is 0 Å². The number of benzene rings is 1. The summed E-state index contributed by atoms with van der Waals surface area (Å²) in [5.74, 6) is -0.814. The first kappa shape index (κ1) is 14.8. The molecule has 0 aliphatic carbocycles. The van der Waals surface area contributed by atoms with Crippen molar-refractivity contribution >= 4 is 11.9 Å². The van der Waals surface area contributed by atoms with Gasteiger partial charge in [0.05, 0.1) is 6.10 Å². The average molecular weight is 263 g/mol. The van der Waals surface area contributed by atoms with Crippen molar-refractivity contribution in [1.82, 2.24) is 5.32 Å². The van der Waals surface area contributed by atoms with Crippen LogP contribution in [-0.4, -0.2) is 23.1 Å². The van der Waals surface area contributed by atoms with Gasteiger partial charge in [0.2, 0.25) is 5.91 Å². The summed E-state index contributed by atoms with van der Waals surface area (Å²) in [5.41, 5.74) is 0.910. The topological polar surface area (TPSA) is 75.6 Å². The molecule has 0 atom stereocenters. The predicted octanol–water partition coefficient (Wildman–Crippen LogP) is 1.73. The molecular formula is C14H17NO4. The van der Waals surface area contributed by atoms with Gasteiger partial charge in [-0.3, -0.25) is 4.79 Å². The molecule has 1 aromatic rings. The fourth-order valence-electron chi connectivity index (χ4n) is 1.35. The van der Waals surface area contributed by atoms with E-state index in [4.69, 9.17) is 9.84 Å². The minimum atomic E-state index is -1.15. The number of amides is 1. The highest BCUT2D eigenvalue weighted by Gasteiger charge is 2.00. The van der Waals surface area contributed by atoms with Crippen LogP contribution in [-0.2, 0) is 16.1 Å². The highest BCUT2D eigenvalue weighted by atomic mass is 16.5. The summed E-state index contributed by atoms with van der Waals surface area (Å²) in [6.45, 7) is 4.23. The molecule has 0 unspecified atom stereocenters. The van der Waals surface area contributed by atoms with Crippen LogP contribution in [0.3, 0.4) is 0 Å². The zero-order chi connectivity index (χ0) is 14.3. The smallest absolute Gasteiger partial charge is 0.328 e. The first-order chi connectivity index (χ1) is 8.97. The van der Waals surface area contributed by atoms with Crippen molar-refractivity contribution < 1.29 is 19.4 Å². The Bertz CT molecular complexity index is 463. The van der Waals surface area contributed by atoms with Gasteiger partial charge in [0, 0.05) is 18.7 Å². The predicted molar refractivity (Wildman–Crippen MR) is 70.8 cm³/mol. The third-order valence-corrected chi connectivity index (χ3v) is 2.14. The molecule has 0 saturated heterocycles. The molecule has 5 heteroatoms. The molecule has 102 valence electrons. The van der Waals surface area contributed by atoms with Gasteiger partial charge < -0.3 is 15.2 Å². The number of ether oxygens (including phenoxy) is 1. The number of hydrogen-bond donors (Lipinski definition) is 2. The van der Waals surface area contributed by atoms with Crippen LogP contribution in [0.25, 0.3) is 0 Å². The van der Waals surface area contributed by atoms with Crippen LogP contribution in [0.1, 0.15) is 19.4 Å². The van der Waals surface area contributed by atoms with Crippen LogP contribution < -0.4 is 10.1 Å². The van der Waals surface area contributed by atoms with Gasteiger partial charge in [0.15, 0.2) is 0 Å². The second kappa shape index (κ2) is 7.20. The lowest BCUT2D eigenvalue weighted by Crippen LogP contribution is -2.20. The maximum Gasteiger partial charge on any atom is 0.328 e. The van der Waals surface area contributed by atoms with E-state index in [1.807, 2.05) is 38.1 Å². The van der Waals surface area contributed by atoms with E-state index >= 15 is 0 Å². The molecule has 5 nitrogen and oxygen atoms in total. The summed E-state index contributed by atoms with van der Waals surface area (Å²) in [4.78, 5) is 21.5. The van der Waals surface area contributed by atoms with Crippen molar-refractivity contribution in [2.45, 2.75) is 26.5 Å². The molecule has 0 spiro atoms. The number of carbonyl (C=O) groups is 2. The van der Waals surface area contributed by atoms with E-state index in [9.17, 15) is 9.59 Å². The number of hydrogen-bond acceptors (Lipinski definition) is 3. The fraction of sp³-hybridized carbons (Fsp3) is 0.286. The van der Waals surface area contributed by atoms with Crippen LogP contribution in [0.4, 0.5) is 0 Å². The lowest BCUT2D eigenvalue weighted by atomic mass is 10.2. The van der Waals surface area contributed by atoms with Crippen LogP contribution in [0.5, 0.6) is 5.75 Å². The van der Waals surface area contributed by atoms with Gasteiger partial charge in [0.1, 0.15) is 5.75 Å². The second-order valence-corrected chi connectivity index (χ2v) is 4.20. The molecular weight excluding hydrogens is 246 g/mol. The molecule has 1 amide bonds. The van der Waals surface area contributed by atoms with Crippen molar-refractivity contribution in [2.75, 3.05) is 0 Å². The molecule has 0 bridgehead atoms. The van der Waals surface area contributed by atoms with Gasteiger partial charge in [0.25, 0.3) is 0 Å². The molecule has 0 fully saturated rings. The van der Waals surface area contributed by atoms with E-state index in [1.54, 1.807) is 0 Å². The SMILES string of the molecule is CC(C)Oc1ccc(CNC(=O)/C=C/C(=O)O)cc1. The van der Waals surface area contributed by atoms with Gasteiger partial charge in [-0.1, -0.05) is 12.1 Å². The van der Waals surface area contributed by atoms with E-state index < -0.39 is 11.9 Å². The van der Waals surface area contributed by atoms with E-state index in [0.29, 0.717) is 6.54 Å². The first-order valence-corrected chi connectivity index (χ1v) is 5.92. The molecule has 0 saturated carbocycles. The Balaban J connectivity index is 2.45. The summed E-state index contributed by atoms with van der Waals surface area (Å²) in [5, 5.41) is 11.0. The number of nitrogens with one attached hydrogen (secondary N) is 1. The van der Waals surface area contributed by atoms with Crippen LogP contribution in [0, 0.1) is 0 Å². The molecule has 1 aromatic carbocycles. The molecule has 0 aliphatic heterocycles. The van der Waals surface area contributed by atoms with Crippen LogP contribution in [0.15, 0.2) is 36.4 Å². The minimum absolute atomic E-state index is 0.117. The number of carboxylic acid groups (broad SMARTS) is 1. The molecule has 1 rings (SSSR count). The standard InChI is InChI=1S/C14H17NO4/c1-10(2)19-12-5-3-11(4-6-12)9-15-13(16)7-8-14(17)18/h3-8,10H,9H2,1-2H3,(H,15,16)(H,17,18)/b8-7+. The number of carboxylic acids is 1. The van der Waals surface area contributed by atoms with Crippen molar-refractivity contribution in [3.63, 3.8) is 0 Å². The Morgan fingerprint density at radius 2 is 1.89 bits per heavy atom. The number of rotatable bonds is 6. The molecule has 0 aromatic heterocycles. The Morgan fingerprint density at radius 1 is 1.26 bits per heavy atom. The van der Waals surface area contributed by atoms with Crippen molar-refractivity contribution in [2.24, 2.45) is 0 Å². The lowest BCUT2D eigenvalue weighted by molar-refractivity contribution is -0.131. The normalized spacial score (nSPS) is 10.7. The summed E-state index contributed by atoms with van der Waals surface area (Å²) >= 11 is 0. The Kier molecular flexibility index (Phi) is 5.60. The zero-order valence-corrected chi connectivity index (χ0v) is 10.9. The largest absolute Gasteiger partial charge is 0.491 e. The molecule has 0 radical (unpaired) electrons. The second-order valence-electron chi connectivity index (χ2n) is 4.20. The van der Waals surface area contributed by atoms with Crippen molar-refractivity contribution in [3.8, 4) is 5.75 Å². The Labute approximate surface area is 111 Å². The summed E-state index contributed by atoms with van der Waals surface area (Å²) in [6, 6.07) is 7.35. The number of carbonyl (C=O) groups excluding carboxylic acids is 1.